The van der Waals surface area contributed by atoms with Crippen LogP contribution in [0.15, 0.2) is 22.8 Å². The molecular formula is C11H17BrN2. The van der Waals surface area contributed by atoms with E-state index in [1.807, 2.05) is 12.3 Å². The lowest BCUT2D eigenvalue weighted by Crippen LogP contribution is -2.22. The van der Waals surface area contributed by atoms with E-state index < -0.39 is 0 Å². The van der Waals surface area contributed by atoms with E-state index >= 15 is 0 Å². The molecule has 0 aliphatic carbocycles. The summed E-state index contributed by atoms with van der Waals surface area (Å²) in [6, 6.07) is 4.09. The topological polar surface area (TPSA) is 24.9 Å². The largest absolute Gasteiger partial charge is 0.316 e. The fraction of sp³-hybridized carbons (Fsp3) is 0.545. The number of hydrogen-bond donors (Lipinski definition) is 1. The van der Waals surface area contributed by atoms with Crippen LogP contribution in [0.2, 0.25) is 0 Å². The van der Waals surface area contributed by atoms with Gasteiger partial charge in [-0.1, -0.05) is 13.8 Å². The van der Waals surface area contributed by atoms with E-state index in [1.165, 1.54) is 0 Å². The third-order valence-corrected chi connectivity index (χ3v) is 2.37. The van der Waals surface area contributed by atoms with Gasteiger partial charge in [0, 0.05) is 29.3 Å². The van der Waals surface area contributed by atoms with Gasteiger partial charge in [-0.25, -0.2) is 0 Å². The number of nitrogens with one attached hydrogen (secondary N) is 1. The van der Waals surface area contributed by atoms with Crippen molar-refractivity contribution in [2.24, 2.45) is 5.92 Å². The highest BCUT2D eigenvalue weighted by Crippen LogP contribution is 2.07. The lowest BCUT2D eigenvalue weighted by molar-refractivity contribution is 0.552. The molecule has 0 saturated heterocycles. The van der Waals surface area contributed by atoms with Crippen LogP contribution in [0.3, 0.4) is 0 Å². The molecular weight excluding hydrogens is 240 g/mol. The summed E-state index contributed by atoms with van der Waals surface area (Å²) in [6.45, 7) is 6.51. The Kier molecular flexibility index (Phi) is 5.12. The van der Waals surface area contributed by atoms with E-state index in [0.29, 0.717) is 5.92 Å². The molecule has 1 N–H and O–H groups in total. The summed E-state index contributed by atoms with van der Waals surface area (Å²) in [5, 5.41) is 3.40. The van der Waals surface area contributed by atoms with Crippen LogP contribution in [0.4, 0.5) is 0 Å². The van der Waals surface area contributed by atoms with E-state index in [1.54, 1.807) is 0 Å². The quantitative estimate of drug-likeness (QED) is 0.820. The molecule has 0 aromatic carbocycles. The zero-order chi connectivity index (χ0) is 10.4. The first-order valence-electron chi connectivity index (χ1n) is 4.99. The van der Waals surface area contributed by atoms with E-state index in [-0.39, 0.29) is 0 Å². The molecule has 0 fully saturated rings. The molecule has 14 heavy (non-hydrogen) atoms. The SMILES string of the molecule is CC(C)CNCCc1ccc(Br)cn1. The molecule has 0 amide bonds. The number of halogens is 1. The summed E-state index contributed by atoms with van der Waals surface area (Å²) in [5.74, 6) is 0.716. The molecule has 0 atom stereocenters. The maximum atomic E-state index is 4.31. The third-order valence-electron chi connectivity index (χ3n) is 1.90. The zero-order valence-corrected chi connectivity index (χ0v) is 10.3. The fourth-order valence-electron chi connectivity index (χ4n) is 1.16. The van der Waals surface area contributed by atoms with Crippen molar-refractivity contribution in [1.29, 1.82) is 0 Å². The fourth-order valence-corrected chi connectivity index (χ4v) is 1.40. The Labute approximate surface area is 94.3 Å². The molecule has 1 aromatic rings. The molecule has 3 heteroatoms. The van der Waals surface area contributed by atoms with Gasteiger partial charge in [0.25, 0.3) is 0 Å². The molecule has 2 nitrogen and oxygen atoms in total. The number of nitrogens with zero attached hydrogens (tertiary/aromatic N) is 1. The number of aromatic nitrogens is 1. The molecule has 1 rings (SSSR count). The first-order chi connectivity index (χ1) is 6.68. The summed E-state index contributed by atoms with van der Waals surface area (Å²) in [6.07, 6.45) is 2.85. The highest BCUT2D eigenvalue weighted by molar-refractivity contribution is 9.10. The van der Waals surface area contributed by atoms with Crippen molar-refractivity contribution in [3.05, 3.63) is 28.5 Å². The van der Waals surface area contributed by atoms with Crippen LogP contribution >= 0.6 is 15.9 Å². The molecule has 0 saturated carbocycles. The standard InChI is InChI=1S/C11H17BrN2/c1-9(2)7-13-6-5-11-4-3-10(12)8-14-11/h3-4,8-9,13H,5-7H2,1-2H3. The molecule has 0 spiro atoms. The van der Waals surface area contributed by atoms with Gasteiger partial charge in [0.15, 0.2) is 0 Å². The normalized spacial score (nSPS) is 10.9. The monoisotopic (exact) mass is 256 g/mol. The second kappa shape index (κ2) is 6.14. The molecule has 1 aromatic heterocycles. The van der Waals surface area contributed by atoms with Gasteiger partial charge in [0.2, 0.25) is 0 Å². The van der Waals surface area contributed by atoms with E-state index in [9.17, 15) is 0 Å². The van der Waals surface area contributed by atoms with Gasteiger partial charge in [-0.15, -0.1) is 0 Å². The Hall–Kier alpha value is -0.410. The summed E-state index contributed by atoms with van der Waals surface area (Å²) >= 11 is 3.37. The van der Waals surface area contributed by atoms with Gasteiger partial charge in [0.1, 0.15) is 0 Å². The predicted molar refractivity (Wildman–Crippen MR) is 63.3 cm³/mol. The Bertz CT molecular complexity index is 256. The van der Waals surface area contributed by atoms with Crippen LogP contribution in [0, 0.1) is 5.92 Å². The second-order valence-electron chi connectivity index (χ2n) is 3.82. The van der Waals surface area contributed by atoms with Gasteiger partial charge in [-0.3, -0.25) is 4.98 Å². The van der Waals surface area contributed by atoms with Gasteiger partial charge in [0.05, 0.1) is 0 Å². The number of rotatable bonds is 5. The Morgan fingerprint density at radius 2 is 2.21 bits per heavy atom. The minimum atomic E-state index is 0.716. The van der Waals surface area contributed by atoms with Crippen molar-refractivity contribution in [2.45, 2.75) is 20.3 Å². The second-order valence-corrected chi connectivity index (χ2v) is 4.73. The van der Waals surface area contributed by atoms with E-state index in [4.69, 9.17) is 0 Å². The molecule has 0 bridgehead atoms. The predicted octanol–water partition coefficient (Wildman–Crippen LogP) is 2.63. The first-order valence-corrected chi connectivity index (χ1v) is 5.79. The van der Waals surface area contributed by atoms with Crippen molar-refractivity contribution >= 4 is 15.9 Å². The van der Waals surface area contributed by atoms with E-state index in [2.05, 4.69) is 46.1 Å². The third kappa shape index (κ3) is 4.72. The van der Waals surface area contributed by atoms with Crippen molar-refractivity contribution in [2.75, 3.05) is 13.1 Å². The molecule has 0 aliphatic heterocycles. The minimum Gasteiger partial charge on any atom is -0.316 e. The number of pyridine rings is 1. The average molecular weight is 257 g/mol. The maximum Gasteiger partial charge on any atom is 0.0417 e. The highest BCUT2D eigenvalue weighted by atomic mass is 79.9. The lowest BCUT2D eigenvalue weighted by atomic mass is 10.2. The van der Waals surface area contributed by atoms with Crippen molar-refractivity contribution in [3.63, 3.8) is 0 Å². The molecule has 0 unspecified atom stereocenters. The molecule has 0 radical (unpaired) electrons. The van der Waals surface area contributed by atoms with Crippen LogP contribution < -0.4 is 5.32 Å². The Morgan fingerprint density at radius 1 is 1.43 bits per heavy atom. The van der Waals surface area contributed by atoms with Gasteiger partial charge >= 0.3 is 0 Å². The lowest BCUT2D eigenvalue weighted by Gasteiger charge is -2.06. The highest BCUT2D eigenvalue weighted by Gasteiger charge is 1.95. The molecule has 1 heterocycles. The summed E-state index contributed by atoms with van der Waals surface area (Å²) < 4.78 is 1.04. The summed E-state index contributed by atoms with van der Waals surface area (Å²) in [4.78, 5) is 4.31. The van der Waals surface area contributed by atoms with Gasteiger partial charge < -0.3 is 5.32 Å². The minimum absolute atomic E-state index is 0.716. The maximum absolute atomic E-state index is 4.31. The Balaban J connectivity index is 2.21. The van der Waals surface area contributed by atoms with Gasteiger partial charge in [-0.2, -0.15) is 0 Å². The van der Waals surface area contributed by atoms with Crippen molar-refractivity contribution < 1.29 is 0 Å². The van der Waals surface area contributed by atoms with Crippen LogP contribution in [-0.2, 0) is 6.42 Å². The zero-order valence-electron chi connectivity index (χ0n) is 8.76. The van der Waals surface area contributed by atoms with Crippen LogP contribution in [0.25, 0.3) is 0 Å². The first kappa shape index (κ1) is 11.7. The molecule has 78 valence electrons. The van der Waals surface area contributed by atoms with Crippen LogP contribution in [0.1, 0.15) is 19.5 Å². The van der Waals surface area contributed by atoms with E-state index in [0.717, 1.165) is 29.7 Å². The molecule has 0 aliphatic rings. The Morgan fingerprint density at radius 3 is 2.79 bits per heavy atom. The summed E-state index contributed by atoms with van der Waals surface area (Å²) in [7, 11) is 0. The van der Waals surface area contributed by atoms with Gasteiger partial charge in [-0.05, 0) is 40.5 Å². The number of hydrogen-bond acceptors (Lipinski definition) is 2. The van der Waals surface area contributed by atoms with Crippen molar-refractivity contribution in [3.8, 4) is 0 Å². The van der Waals surface area contributed by atoms with Crippen molar-refractivity contribution in [1.82, 2.24) is 10.3 Å². The van der Waals surface area contributed by atoms with Crippen LogP contribution in [0.5, 0.6) is 0 Å². The smallest absolute Gasteiger partial charge is 0.0417 e. The van der Waals surface area contributed by atoms with Crippen LogP contribution in [-0.4, -0.2) is 18.1 Å². The summed E-state index contributed by atoms with van der Waals surface area (Å²) in [5.41, 5.74) is 1.14. The average Bonchev–Trinajstić information content (AvgIpc) is 2.15.